The molecule has 0 aromatic rings. The van der Waals surface area contributed by atoms with Crippen LogP contribution in [0.1, 0.15) is 106 Å². The van der Waals surface area contributed by atoms with E-state index in [1.807, 2.05) is 13.8 Å². The van der Waals surface area contributed by atoms with Crippen LogP contribution in [-0.4, -0.2) is 206 Å². The monoisotopic (exact) mass is 1100 g/mol. The van der Waals surface area contributed by atoms with Gasteiger partial charge in [0.25, 0.3) is 6.29 Å². The second-order valence-corrected chi connectivity index (χ2v) is 21.7. The number of rotatable bonds is 49. The maximum Gasteiger partial charge on any atom is 0.316 e. The molecule has 0 radical (unpaired) electrons. The van der Waals surface area contributed by atoms with Gasteiger partial charge in [-0.1, -0.05) is 34.6 Å². The Balaban J connectivity index is 2.51. The van der Waals surface area contributed by atoms with Crippen molar-refractivity contribution in [2.45, 2.75) is 136 Å². The summed E-state index contributed by atoms with van der Waals surface area (Å²) in [7, 11) is 0. The van der Waals surface area contributed by atoms with E-state index in [0.717, 1.165) is 0 Å². The first kappa shape index (κ1) is 69.5. The highest BCUT2D eigenvalue weighted by Gasteiger charge is 2.55. The fourth-order valence-electron chi connectivity index (χ4n) is 8.08. The van der Waals surface area contributed by atoms with Gasteiger partial charge in [-0.3, -0.25) is 10.1 Å². The third-order valence-electron chi connectivity index (χ3n) is 14.1. The molecule has 12 atom stereocenters. The molecule has 0 amide bonds. The van der Waals surface area contributed by atoms with Crippen molar-refractivity contribution >= 4 is 5.97 Å². The maximum atomic E-state index is 13.8. The fourth-order valence-corrected chi connectivity index (χ4v) is 8.08. The Kier molecular flexibility index (Phi) is 32.6. The summed E-state index contributed by atoms with van der Waals surface area (Å²) in [4.78, 5) is 88.1. The van der Waals surface area contributed by atoms with Crippen molar-refractivity contribution in [3.05, 3.63) is 0 Å². The van der Waals surface area contributed by atoms with Crippen molar-refractivity contribution in [3.8, 4) is 0 Å². The lowest BCUT2D eigenvalue weighted by atomic mass is 9.68. The SMILES string of the molecule is CC(CO)(CCCO)CCCOOCC(C)(CO)COOCC(CCC(C)(CCCO)C1OOC1C(CC(C)(CO)CCO)OO)(COOCC(C)(CO)C1OOC1OOCO)COC(=O)C(C)(CO)COOOO. The summed E-state index contributed by atoms with van der Waals surface area (Å²) in [5.41, 5.74) is -7.99. The Morgan fingerprint density at radius 3 is 1.63 bits per heavy atom. The molecular formula is C46H88O29. The Morgan fingerprint density at radius 1 is 0.507 bits per heavy atom. The smallest absolute Gasteiger partial charge is 0.316 e. The molecule has 0 aliphatic carbocycles. The zero-order valence-electron chi connectivity index (χ0n) is 44.2. The Bertz CT molecular complexity index is 1510. The van der Waals surface area contributed by atoms with Gasteiger partial charge in [-0.25, -0.2) is 63.9 Å². The molecule has 0 bridgehead atoms. The number of hydrogen-bond acceptors (Lipinski definition) is 29. The third kappa shape index (κ3) is 22.5. The molecule has 29 nitrogen and oxygen atoms in total. The molecule has 29 heteroatoms. The minimum Gasteiger partial charge on any atom is -0.464 e. The van der Waals surface area contributed by atoms with Gasteiger partial charge in [0.1, 0.15) is 30.8 Å². The van der Waals surface area contributed by atoms with Gasteiger partial charge in [-0.2, -0.15) is 9.78 Å². The van der Waals surface area contributed by atoms with E-state index in [9.17, 15) is 50.9 Å². The first-order valence-electron chi connectivity index (χ1n) is 24.9. The largest absolute Gasteiger partial charge is 0.464 e. The highest BCUT2D eigenvalue weighted by atomic mass is 17.6. The molecule has 2 saturated heterocycles. The van der Waals surface area contributed by atoms with Crippen molar-refractivity contribution in [2.75, 3.05) is 113 Å². The third-order valence-corrected chi connectivity index (χ3v) is 14.1. The number of carbonyl (C=O) groups is 1. The lowest BCUT2D eigenvalue weighted by Gasteiger charge is -2.50. The predicted molar refractivity (Wildman–Crippen MR) is 248 cm³/mol. The van der Waals surface area contributed by atoms with Crippen molar-refractivity contribution in [1.29, 1.82) is 0 Å². The molecule has 0 spiro atoms. The van der Waals surface area contributed by atoms with Gasteiger partial charge in [0, 0.05) is 38.4 Å². The molecule has 2 aliphatic rings. The Hall–Kier alpha value is -1.61. The van der Waals surface area contributed by atoms with Crippen LogP contribution in [0.3, 0.4) is 0 Å². The number of ether oxygens (including phenoxy) is 1. The van der Waals surface area contributed by atoms with Gasteiger partial charge in [-0.05, 0) is 97.5 Å². The molecule has 11 N–H and O–H groups in total. The van der Waals surface area contributed by atoms with Crippen molar-refractivity contribution in [1.82, 2.24) is 0 Å². The van der Waals surface area contributed by atoms with Crippen LogP contribution in [0, 0.1) is 37.9 Å². The van der Waals surface area contributed by atoms with E-state index in [0.29, 0.717) is 25.7 Å². The number of hydrogen-bond donors (Lipinski definition) is 11. The highest BCUT2D eigenvalue weighted by molar-refractivity contribution is 5.76. The van der Waals surface area contributed by atoms with Crippen molar-refractivity contribution < 1.29 is 145 Å². The zero-order valence-corrected chi connectivity index (χ0v) is 44.2. The molecule has 0 aromatic heterocycles. The van der Waals surface area contributed by atoms with E-state index in [1.54, 1.807) is 20.8 Å². The normalized spacial score (nSPS) is 24.0. The van der Waals surface area contributed by atoms with E-state index in [-0.39, 0.29) is 98.0 Å². The molecule has 2 rings (SSSR count). The van der Waals surface area contributed by atoms with Crippen LogP contribution in [0.25, 0.3) is 0 Å². The van der Waals surface area contributed by atoms with Gasteiger partial charge < -0.3 is 50.7 Å². The van der Waals surface area contributed by atoms with Crippen LogP contribution in [0.4, 0.5) is 0 Å². The predicted octanol–water partition coefficient (Wildman–Crippen LogP) is 0.702. The van der Waals surface area contributed by atoms with Gasteiger partial charge in [0.2, 0.25) is 0 Å². The minimum absolute atomic E-state index is 0.0103. The topological polar surface area (TPSA) is 397 Å². The summed E-state index contributed by atoms with van der Waals surface area (Å²) in [5, 5.41) is 115. The van der Waals surface area contributed by atoms with Crippen LogP contribution in [0.5, 0.6) is 0 Å². The molecule has 2 fully saturated rings. The molecule has 2 heterocycles. The van der Waals surface area contributed by atoms with Gasteiger partial charge in [0.05, 0.1) is 70.3 Å². The Labute approximate surface area is 436 Å². The summed E-state index contributed by atoms with van der Waals surface area (Å²) >= 11 is 0. The number of esters is 1. The van der Waals surface area contributed by atoms with Crippen molar-refractivity contribution in [2.24, 2.45) is 37.9 Å². The number of aliphatic hydroxyl groups is 9. The first-order valence-corrected chi connectivity index (χ1v) is 24.9. The second kappa shape index (κ2) is 35.2. The van der Waals surface area contributed by atoms with E-state index < -0.39 is 128 Å². The number of carbonyl (C=O) groups excluding carboxylic acids is 1. The first-order chi connectivity index (χ1) is 35.7. The average molecular weight is 1110 g/mol. The summed E-state index contributed by atoms with van der Waals surface area (Å²) in [5.74, 6) is -1.03. The molecule has 2 aliphatic heterocycles. The van der Waals surface area contributed by atoms with Crippen LogP contribution in [-0.2, 0) is 88.0 Å². The van der Waals surface area contributed by atoms with Gasteiger partial charge in [0.15, 0.2) is 19.0 Å². The maximum absolute atomic E-state index is 13.8. The lowest BCUT2D eigenvalue weighted by molar-refractivity contribution is -0.625. The van der Waals surface area contributed by atoms with E-state index in [1.165, 1.54) is 6.92 Å². The van der Waals surface area contributed by atoms with Gasteiger partial charge in [-0.15, -0.1) is 0 Å². The fraction of sp³-hybridized carbons (Fsp3) is 0.978. The van der Waals surface area contributed by atoms with Crippen LogP contribution in [0.2, 0.25) is 0 Å². The Morgan fingerprint density at radius 2 is 1.11 bits per heavy atom. The molecule has 75 heavy (non-hydrogen) atoms. The van der Waals surface area contributed by atoms with Gasteiger partial charge >= 0.3 is 5.97 Å². The van der Waals surface area contributed by atoms with E-state index >= 15 is 0 Å². The quantitative estimate of drug-likeness (QED) is 0.0131. The number of aliphatic hydroxyl groups excluding tert-OH is 9. The zero-order chi connectivity index (χ0) is 56.1. The lowest BCUT2D eigenvalue weighted by Crippen LogP contribution is -2.59. The molecular weight excluding hydrogens is 1020 g/mol. The molecule has 0 saturated carbocycles. The van der Waals surface area contributed by atoms with E-state index in [4.69, 9.17) is 78.6 Å². The summed E-state index contributed by atoms with van der Waals surface area (Å²) in [6, 6.07) is 0. The molecule has 12 unspecified atom stereocenters. The van der Waals surface area contributed by atoms with Crippen LogP contribution in [0.15, 0.2) is 0 Å². The second-order valence-electron chi connectivity index (χ2n) is 21.7. The highest BCUT2D eigenvalue weighted by Crippen LogP contribution is 2.47. The van der Waals surface area contributed by atoms with E-state index in [2.05, 4.69) is 15.0 Å². The standard InChI is InChI=1S/C46H88O29/c1-40(21-50,10-7-16-47)11-9-19-60-61-26-42(3,23-52)27-62-64-31-46(30-59-39(56)45(6,25-54)29-66-75-74-58,32-65-63-28-44(5,24-53)37-38(73-71-37)72-67-33-55)14-13-43(4,12-8-17-48)36-35(69-70-36)34(68-57)20-41(2,22-51)15-18-49/h34-38,47-55,57-58H,7-33H2,1-6H3. The summed E-state index contributed by atoms with van der Waals surface area (Å²) in [6.45, 7) is 3.49. The minimum atomic E-state index is -1.81. The van der Waals surface area contributed by atoms with Crippen LogP contribution < -0.4 is 0 Å². The van der Waals surface area contributed by atoms with Crippen molar-refractivity contribution in [3.63, 3.8) is 0 Å². The van der Waals surface area contributed by atoms with Crippen LogP contribution >= 0.6 is 0 Å². The molecule has 0 aromatic carbocycles. The average Bonchev–Trinajstić information content (AvgIpc) is 3.38. The summed E-state index contributed by atoms with van der Waals surface area (Å²) < 4.78 is 5.86. The summed E-state index contributed by atoms with van der Waals surface area (Å²) in [6.07, 6.45) is -1.88. The molecule has 446 valence electrons.